The van der Waals surface area contributed by atoms with Gasteiger partial charge in [-0.15, -0.1) is 0 Å². The second kappa shape index (κ2) is 8.97. The molecule has 1 aliphatic heterocycles. The number of hydrogen-bond donors (Lipinski definition) is 1. The van der Waals surface area contributed by atoms with Crippen LogP contribution in [0.5, 0.6) is 0 Å². The van der Waals surface area contributed by atoms with Crippen molar-refractivity contribution < 1.29 is 4.74 Å². The molecule has 1 atom stereocenters. The largest absolute Gasteiger partial charge is 0.380 e. The van der Waals surface area contributed by atoms with Crippen LogP contribution in [0.3, 0.4) is 0 Å². The van der Waals surface area contributed by atoms with Crippen molar-refractivity contribution in [3.05, 3.63) is 0 Å². The van der Waals surface area contributed by atoms with Crippen LogP contribution in [0, 0.1) is 0 Å². The first-order valence-electron chi connectivity index (χ1n) is 6.90. The highest BCUT2D eigenvalue weighted by atomic mass is 16.5. The van der Waals surface area contributed by atoms with Crippen molar-refractivity contribution in [2.75, 3.05) is 39.4 Å². The standard InChI is InChI=1S/C13H28N2O/c1-3-15(11-12-16-4-2)10-6-8-13-7-5-9-14-13/h13-14H,3-12H2,1-2H3. The molecular weight excluding hydrogens is 200 g/mol. The molecule has 0 spiro atoms. The normalized spacial score (nSPS) is 20.8. The lowest BCUT2D eigenvalue weighted by Gasteiger charge is -2.21. The molecule has 1 rings (SSSR count). The molecule has 0 bridgehead atoms. The number of nitrogens with one attached hydrogen (secondary N) is 1. The summed E-state index contributed by atoms with van der Waals surface area (Å²) in [6, 6.07) is 0.797. The highest BCUT2D eigenvalue weighted by molar-refractivity contribution is 4.74. The summed E-state index contributed by atoms with van der Waals surface area (Å²) in [5, 5.41) is 3.56. The van der Waals surface area contributed by atoms with Gasteiger partial charge in [-0.3, -0.25) is 0 Å². The van der Waals surface area contributed by atoms with E-state index in [1.165, 1.54) is 38.8 Å². The Morgan fingerprint density at radius 3 is 2.81 bits per heavy atom. The summed E-state index contributed by atoms with van der Waals surface area (Å²) in [5.74, 6) is 0. The zero-order chi connectivity index (χ0) is 11.6. The van der Waals surface area contributed by atoms with E-state index in [1.807, 2.05) is 0 Å². The first kappa shape index (κ1) is 13.9. The van der Waals surface area contributed by atoms with E-state index in [1.54, 1.807) is 0 Å². The minimum atomic E-state index is 0.797. The Hall–Kier alpha value is -0.120. The van der Waals surface area contributed by atoms with Crippen molar-refractivity contribution in [2.45, 2.75) is 45.6 Å². The lowest BCUT2D eigenvalue weighted by atomic mass is 10.1. The maximum Gasteiger partial charge on any atom is 0.0593 e. The topological polar surface area (TPSA) is 24.5 Å². The summed E-state index contributed by atoms with van der Waals surface area (Å²) in [6.45, 7) is 10.7. The second-order valence-electron chi connectivity index (χ2n) is 4.57. The molecule has 0 aliphatic carbocycles. The van der Waals surface area contributed by atoms with E-state index in [0.717, 1.165) is 32.3 Å². The smallest absolute Gasteiger partial charge is 0.0593 e. The molecule has 16 heavy (non-hydrogen) atoms. The zero-order valence-electron chi connectivity index (χ0n) is 11.0. The molecule has 0 amide bonds. The van der Waals surface area contributed by atoms with Gasteiger partial charge in [-0.1, -0.05) is 6.92 Å². The Kier molecular flexibility index (Phi) is 7.81. The molecule has 1 saturated heterocycles. The molecule has 0 aromatic rings. The number of hydrogen-bond acceptors (Lipinski definition) is 3. The molecule has 0 aromatic carbocycles. The van der Waals surface area contributed by atoms with E-state index in [0.29, 0.717) is 0 Å². The van der Waals surface area contributed by atoms with Crippen LogP contribution < -0.4 is 5.32 Å². The highest BCUT2D eigenvalue weighted by Crippen LogP contribution is 2.10. The molecule has 1 aliphatic rings. The van der Waals surface area contributed by atoms with E-state index in [9.17, 15) is 0 Å². The van der Waals surface area contributed by atoms with Crippen LogP contribution in [0.2, 0.25) is 0 Å². The molecule has 3 heteroatoms. The summed E-state index contributed by atoms with van der Waals surface area (Å²) >= 11 is 0. The maximum atomic E-state index is 5.39. The van der Waals surface area contributed by atoms with Gasteiger partial charge < -0.3 is 15.0 Å². The molecule has 3 nitrogen and oxygen atoms in total. The van der Waals surface area contributed by atoms with Gasteiger partial charge in [0, 0.05) is 19.2 Å². The van der Waals surface area contributed by atoms with Gasteiger partial charge in [0.1, 0.15) is 0 Å². The Labute approximate surface area is 101 Å². The third-order valence-electron chi connectivity index (χ3n) is 3.39. The molecular formula is C13H28N2O. The van der Waals surface area contributed by atoms with E-state index < -0.39 is 0 Å². The van der Waals surface area contributed by atoms with E-state index in [4.69, 9.17) is 4.74 Å². The molecule has 0 saturated carbocycles. The summed E-state index contributed by atoms with van der Waals surface area (Å²) in [5.41, 5.74) is 0. The van der Waals surface area contributed by atoms with Crippen molar-refractivity contribution >= 4 is 0 Å². The van der Waals surface area contributed by atoms with E-state index in [2.05, 4.69) is 24.1 Å². The highest BCUT2D eigenvalue weighted by Gasteiger charge is 2.13. The quantitative estimate of drug-likeness (QED) is 0.610. The number of likely N-dealkylation sites (N-methyl/N-ethyl adjacent to an activating group) is 1. The number of nitrogens with zero attached hydrogens (tertiary/aromatic N) is 1. The molecule has 1 N–H and O–H groups in total. The average molecular weight is 228 g/mol. The summed E-state index contributed by atoms with van der Waals surface area (Å²) < 4.78 is 5.39. The molecule has 1 heterocycles. The fourth-order valence-electron chi connectivity index (χ4n) is 2.33. The number of rotatable bonds is 9. The van der Waals surface area contributed by atoms with Gasteiger partial charge in [0.2, 0.25) is 0 Å². The van der Waals surface area contributed by atoms with Crippen molar-refractivity contribution in [3.8, 4) is 0 Å². The fraction of sp³-hybridized carbons (Fsp3) is 1.00. The Bertz CT molecular complexity index is 158. The van der Waals surface area contributed by atoms with Crippen LogP contribution in [0.15, 0.2) is 0 Å². The van der Waals surface area contributed by atoms with Gasteiger partial charge in [-0.25, -0.2) is 0 Å². The van der Waals surface area contributed by atoms with Crippen LogP contribution in [0.1, 0.15) is 39.5 Å². The van der Waals surface area contributed by atoms with Gasteiger partial charge in [0.15, 0.2) is 0 Å². The molecule has 0 aromatic heterocycles. The molecule has 96 valence electrons. The summed E-state index contributed by atoms with van der Waals surface area (Å²) in [6.07, 6.45) is 5.40. The second-order valence-corrected chi connectivity index (χ2v) is 4.57. The minimum absolute atomic E-state index is 0.797. The monoisotopic (exact) mass is 228 g/mol. The van der Waals surface area contributed by atoms with Crippen molar-refractivity contribution in [1.82, 2.24) is 10.2 Å². The van der Waals surface area contributed by atoms with Gasteiger partial charge >= 0.3 is 0 Å². The predicted octanol–water partition coefficient (Wildman–Crippen LogP) is 1.88. The fourth-order valence-corrected chi connectivity index (χ4v) is 2.33. The zero-order valence-corrected chi connectivity index (χ0v) is 11.0. The SMILES string of the molecule is CCOCCN(CC)CCCC1CCCN1. The maximum absolute atomic E-state index is 5.39. The van der Waals surface area contributed by atoms with Crippen LogP contribution in [-0.2, 0) is 4.74 Å². The lowest BCUT2D eigenvalue weighted by Crippen LogP contribution is -2.30. The summed E-state index contributed by atoms with van der Waals surface area (Å²) in [7, 11) is 0. The number of ether oxygens (including phenoxy) is 1. The van der Waals surface area contributed by atoms with Gasteiger partial charge in [-0.2, -0.15) is 0 Å². The van der Waals surface area contributed by atoms with Crippen LogP contribution >= 0.6 is 0 Å². The summed E-state index contributed by atoms with van der Waals surface area (Å²) in [4.78, 5) is 2.49. The molecule has 1 unspecified atom stereocenters. The van der Waals surface area contributed by atoms with Gasteiger partial charge in [0.05, 0.1) is 6.61 Å². The lowest BCUT2D eigenvalue weighted by molar-refractivity contribution is 0.114. The third-order valence-corrected chi connectivity index (χ3v) is 3.39. The Morgan fingerprint density at radius 2 is 2.19 bits per heavy atom. The van der Waals surface area contributed by atoms with Crippen molar-refractivity contribution in [3.63, 3.8) is 0 Å². The Balaban J connectivity index is 1.99. The van der Waals surface area contributed by atoms with Crippen LogP contribution in [-0.4, -0.2) is 50.3 Å². The van der Waals surface area contributed by atoms with E-state index in [-0.39, 0.29) is 0 Å². The minimum Gasteiger partial charge on any atom is -0.380 e. The first-order valence-corrected chi connectivity index (χ1v) is 6.90. The van der Waals surface area contributed by atoms with Crippen LogP contribution in [0.25, 0.3) is 0 Å². The third kappa shape index (κ3) is 5.83. The molecule has 1 fully saturated rings. The van der Waals surface area contributed by atoms with Crippen molar-refractivity contribution in [1.29, 1.82) is 0 Å². The van der Waals surface area contributed by atoms with Crippen LogP contribution in [0.4, 0.5) is 0 Å². The van der Waals surface area contributed by atoms with Crippen molar-refractivity contribution in [2.24, 2.45) is 0 Å². The first-order chi connectivity index (χ1) is 7.86. The molecule has 0 radical (unpaired) electrons. The predicted molar refractivity (Wildman–Crippen MR) is 68.9 cm³/mol. The Morgan fingerprint density at radius 1 is 1.31 bits per heavy atom. The van der Waals surface area contributed by atoms with Gasteiger partial charge in [0.25, 0.3) is 0 Å². The van der Waals surface area contributed by atoms with E-state index >= 15 is 0 Å². The average Bonchev–Trinajstić information content (AvgIpc) is 2.80. The van der Waals surface area contributed by atoms with Gasteiger partial charge in [-0.05, 0) is 52.2 Å².